The van der Waals surface area contributed by atoms with Gasteiger partial charge in [-0.2, -0.15) is 13.2 Å². The van der Waals surface area contributed by atoms with E-state index in [0.717, 1.165) is 7.11 Å². The van der Waals surface area contributed by atoms with Gasteiger partial charge in [0.2, 0.25) is 0 Å². The van der Waals surface area contributed by atoms with Crippen LogP contribution in [-0.2, 0) is 23.0 Å². The Hall–Kier alpha value is -5.47. The van der Waals surface area contributed by atoms with Gasteiger partial charge >= 0.3 is 12.1 Å². The number of alkyl halides is 3. The van der Waals surface area contributed by atoms with Crippen LogP contribution in [0.3, 0.4) is 0 Å². The van der Waals surface area contributed by atoms with Crippen molar-refractivity contribution in [2.45, 2.75) is 44.9 Å². The number of aryl methyl sites for hydroxylation is 2. The second kappa shape index (κ2) is 13.6. The molecule has 0 aliphatic rings. The molecule has 0 radical (unpaired) electrons. The number of fused-ring (bicyclic) bond motifs is 2. The molecule has 0 fully saturated rings. The Bertz CT molecular complexity index is 2150. The summed E-state index contributed by atoms with van der Waals surface area (Å²) < 4.78 is 89.9. The summed E-state index contributed by atoms with van der Waals surface area (Å²) >= 11 is 0. The Labute approximate surface area is 274 Å². The maximum Gasteiger partial charge on any atom is 0.408 e. The zero-order valence-electron chi connectivity index (χ0n) is 26.5. The maximum absolute atomic E-state index is 15.0. The number of aromatic nitrogens is 3. The molecule has 0 bridgehead atoms. The van der Waals surface area contributed by atoms with Gasteiger partial charge in [0.25, 0.3) is 11.5 Å². The number of amides is 1. The number of nitrogens with zero attached hydrogens (tertiary/aromatic N) is 3. The number of anilines is 1. The first-order chi connectivity index (χ1) is 23.2. The Morgan fingerprint density at radius 1 is 0.980 bits per heavy atom. The van der Waals surface area contributed by atoms with Gasteiger partial charge in [0.15, 0.2) is 0 Å². The van der Waals surface area contributed by atoms with Crippen molar-refractivity contribution in [2.75, 3.05) is 12.4 Å². The van der Waals surface area contributed by atoms with Crippen molar-refractivity contribution in [3.63, 3.8) is 0 Å². The molecule has 0 aliphatic heterocycles. The molecular weight excluding hydrogens is 656 g/mol. The first-order valence-corrected chi connectivity index (χ1v) is 14.9. The van der Waals surface area contributed by atoms with Crippen molar-refractivity contribution >= 4 is 39.5 Å². The third kappa shape index (κ3) is 6.78. The van der Waals surface area contributed by atoms with E-state index >= 15 is 0 Å². The number of ether oxygens (including phenoxy) is 1. The number of carbonyl (C=O) groups is 2. The van der Waals surface area contributed by atoms with Crippen molar-refractivity contribution in [1.82, 2.24) is 19.9 Å². The third-order valence-electron chi connectivity index (χ3n) is 8.22. The summed E-state index contributed by atoms with van der Waals surface area (Å²) in [6.07, 6.45) is -2.67. The lowest BCUT2D eigenvalue weighted by molar-refractivity contribution is -0.143. The molecule has 2 N–H and O–H groups in total. The number of rotatable bonds is 9. The van der Waals surface area contributed by atoms with Crippen molar-refractivity contribution < 1.29 is 40.7 Å². The zero-order chi connectivity index (χ0) is 35.8. The third-order valence-corrected chi connectivity index (χ3v) is 8.22. The van der Waals surface area contributed by atoms with E-state index in [2.05, 4.69) is 15.3 Å². The fourth-order valence-electron chi connectivity index (χ4n) is 5.74. The topological polar surface area (TPSA) is 115 Å². The van der Waals surface area contributed by atoms with Crippen molar-refractivity contribution in [2.24, 2.45) is 7.05 Å². The zero-order valence-corrected chi connectivity index (χ0v) is 26.5. The molecule has 9 nitrogen and oxygen atoms in total. The van der Waals surface area contributed by atoms with E-state index in [-0.39, 0.29) is 28.6 Å². The number of hydrogen-bond acceptors (Lipinski definition) is 7. The smallest absolute Gasteiger partial charge is 0.408 e. The number of hydrogen-bond donors (Lipinski definition) is 2. The van der Waals surface area contributed by atoms with Crippen LogP contribution in [-0.4, -0.2) is 51.8 Å². The molecule has 3 aromatic carbocycles. The predicted molar refractivity (Wildman–Crippen MR) is 170 cm³/mol. The maximum atomic E-state index is 15.0. The average Bonchev–Trinajstić information content (AvgIpc) is 3.05. The molecule has 0 spiro atoms. The van der Waals surface area contributed by atoms with Crippen LogP contribution in [0.25, 0.3) is 33.1 Å². The van der Waals surface area contributed by atoms with E-state index < -0.39 is 65.3 Å². The number of pyridine rings is 1. The van der Waals surface area contributed by atoms with Gasteiger partial charge in [-0.15, -0.1) is 0 Å². The van der Waals surface area contributed by atoms with E-state index in [9.17, 15) is 40.7 Å². The lowest BCUT2D eigenvalue weighted by Crippen LogP contribution is -2.43. The van der Waals surface area contributed by atoms with Gasteiger partial charge in [0.1, 0.15) is 35.1 Å². The molecule has 2 heterocycles. The Morgan fingerprint density at radius 3 is 2.24 bits per heavy atom. The molecule has 0 unspecified atom stereocenters. The highest BCUT2D eigenvalue weighted by Crippen LogP contribution is 2.33. The monoisotopic (exact) mass is 685 g/mol. The number of methoxy groups -OCH3 is 1. The summed E-state index contributed by atoms with van der Waals surface area (Å²) in [5.41, 5.74) is 0.371. The average molecular weight is 686 g/mol. The molecule has 5 rings (SSSR count). The molecule has 0 saturated carbocycles. The lowest BCUT2D eigenvalue weighted by atomic mass is 9.94. The summed E-state index contributed by atoms with van der Waals surface area (Å²) in [7, 11) is 2.59. The second-order valence-corrected chi connectivity index (χ2v) is 11.3. The van der Waals surface area contributed by atoms with Gasteiger partial charge in [0.05, 0.1) is 29.2 Å². The van der Waals surface area contributed by atoms with Gasteiger partial charge in [-0.3, -0.25) is 19.6 Å². The fraction of sp³-hybridized carbons (Fsp3) is 0.265. The normalized spacial score (nSPS) is 12.9. The van der Waals surface area contributed by atoms with E-state index in [1.807, 2.05) is 5.32 Å². The minimum atomic E-state index is -4.69. The number of carbonyl (C=O) groups excluding carboxylic acids is 2. The molecule has 2 atom stereocenters. The number of benzene rings is 3. The minimum Gasteiger partial charge on any atom is -0.467 e. The standard InChI is InChI=1S/C34H29F6N5O4/c1-5-26(34(38,39)40)43-19-14-22(36)28(23(37)15-19)31(46)44-24(33(48)49-4)12-17-6-8-20(30-29(17)41-10-11-42-30)27-16(2)21-13-18(35)7-9-25(21)45(3)32(27)47/h6-11,13-15,24,26,43H,5,12H2,1-4H3,(H,44,46)/t24-,26+/m0/s1. The van der Waals surface area contributed by atoms with Crippen LogP contribution < -0.4 is 16.2 Å². The molecular formula is C34H29F6N5O4. The number of esters is 1. The van der Waals surface area contributed by atoms with Gasteiger partial charge in [-0.05, 0) is 54.8 Å². The van der Waals surface area contributed by atoms with Crippen LogP contribution >= 0.6 is 0 Å². The van der Waals surface area contributed by atoms with Gasteiger partial charge < -0.3 is 19.9 Å². The highest BCUT2D eigenvalue weighted by atomic mass is 19.4. The highest BCUT2D eigenvalue weighted by Gasteiger charge is 2.38. The van der Waals surface area contributed by atoms with Crippen LogP contribution in [0.1, 0.15) is 34.8 Å². The summed E-state index contributed by atoms with van der Waals surface area (Å²) in [5, 5.41) is 4.75. The van der Waals surface area contributed by atoms with Crippen LogP contribution in [0.4, 0.5) is 32.0 Å². The highest BCUT2D eigenvalue weighted by molar-refractivity contribution is 5.99. The van der Waals surface area contributed by atoms with Crippen LogP contribution in [0.2, 0.25) is 0 Å². The molecule has 2 aromatic heterocycles. The Balaban J connectivity index is 1.50. The van der Waals surface area contributed by atoms with E-state index in [1.54, 1.807) is 20.0 Å². The Kier molecular flexibility index (Phi) is 9.65. The summed E-state index contributed by atoms with van der Waals surface area (Å²) in [6, 6.07) is 4.67. The first kappa shape index (κ1) is 34.9. The molecule has 5 aromatic rings. The summed E-state index contributed by atoms with van der Waals surface area (Å²) in [5.74, 6) is -5.77. The first-order valence-electron chi connectivity index (χ1n) is 14.9. The lowest BCUT2D eigenvalue weighted by Gasteiger charge is -2.22. The second-order valence-electron chi connectivity index (χ2n) is 11.3. The van der Waals surface area contributed by atoms with Gasteiger partial charge in [0, 0.05) is 42.5 Å². The van der Waals surface area contributed by atoms with Crippen molar-refractivity contribution in [1.29, 1.82) is 0 Å². The largest absolute Gasteiger partial charge is 0.467 e. The molecule has 1 amide bonds. The van der Waals surface area contributed by atoms with Crippen LogP contribution in [0.5, 0.6) is 0 Å². The molecule has 49 heavy (non-hydrogen) atoms. The van der Waals surface area contributed by atoms with Crippen molar-refractivity contribution in [3.05, 3.63) is 99.4 Å². The number of nitrogens with one attached hydrogen (secondary N) is 2. The van der Waals surface area contributed by atoms with Gasteiger partial charge in [-0.1, -0.05) is 19.1 Å². The van der Waals surface area contributed by atoms with Crippen LogP contribution in [0, 0.1) is 24.4 Å². The predicted octanol–water partition coefficient (Wildman–Crippen LogP) is 6.14. The van der Waals surface area contributed by atoms with Gasteiger partial charge in [-0.25, -0.2) is 18.0 Å². The van der Waals surface area contributed by atoms with Crippen LogP contribution in [0.15, 0.2) is 59.7 Å². The fourth-order valence-corrected chi connectivity index (χ4v) is 5.74. The van der Waals surface area contributed by atoms with Crippen molar-refractivity contribution in [3.8, 4) is 11.1 Å². The SMILES string of the molecule is CC[C@@H](Nc1cc(F)c(C(=O)N[C@@H](Cc2ccc(-c3c(C)c4cc(F)ccc4n(C)c3=O)c3nccnc23)C(=O)OC)c(F)c1)C(F)(F)F. The summed E-state index contributed by atoms with van der Waals surface area (Å²) in [6.45, 7) is 2.92. The minimum absolute atomic E-state index is 0.229. The summed E-state index contributed by atoms with van der Waals surface area (Å²) in [4.78, 5) is 48.3. The van der Waals surface area contributed by atoms with E-state index in [4.69, 9.17) is 4.74 Å². The van der Waals surface area contributed by atoms with E-state index in [1.165, 1.54) is 48.1 Å². The number of halogens is 6. The molecule has 15 heteroatoms. The molecule has 0 aliphatic carbocycles. The quantitative estimate of drug-likeness (QED) is 0.142. The molecule has 256 valence electrons. The molecule has 0 saturated heterocycles. The van der Waals surface area contributed by atoms with E-state index in [0.29, 0.717) is 39.7 Å². The Morgan fingerprint density at radius 2 is 1.63 bits per heavy atom.